The van der Waals surface area contributed by atoms with Gasteiger partial charge in [-0.1, -0.05) is 13.3 Å². The number of furan rings is 1. The topological polar surface area (TPSA) is 62.5 Å². The second-order valence-corrected chi connectivity index (χ2v) is 6.50. The van der Waals surface area contributed by atoms with Crippen molar-refractivity contribution in [2.24, 2.45) is 5.92 Å². The molecule has 134 valence electrons. The van der Waals surface area contributed by atoms with Gasteiger partial charge in [-0.05, 0) is 37.5 Å². The fourth-order valence-corrected chi connectivity index (χ4v) is 3.25. The van der Waals surface area contributed by atoms with E-state index >= 15 is 0 Å². The van der Waals surface area contributed by atoms with Gasteiger partial charge in [0.25, 0.3) is 0 Å². The Hall–Kier alpha value is -2.37. The molecule has 2 aromatic rings. The molecule has 0 saturated carbocycles. The lowest BCUT2D eigenvalue weighted by Crippen LogP contribution is -2.43. The number of hydrogen-bond acceptors (Lipinski definition) is 5. The van der Waals surface area contributed by atoms with Crippen molar-refractivity contribution in [3.63, 3.8) is 0 Å². The summed E-state index contributed by atoms with van der Waals surface area (Å²) in [6.07, 6.45) is 8.96. The monoisotopic (exact) mass is 342 g/mol. The van der Waals surface area contributed by atoms with Crippen LogP contribution in [0, 0.1) is 5.92 Å². The molecule has 0 aliphatic carbocycles. The highest BCUT2D eigenvalue weighted by Gasteiger charge is 2.29. The quantitative estimate of drug-likeness (QED) is 0.774. The molecule has 3 heterocycles. The summed E-state index contributed by atoms with van der Waals surface area (Å²) >= 11 is 0. The van der Waals surface area contributed by atoms with Crippen molar-refractivity contribution in [2.45, 2.75) is 39.2 Å². The fraction of sp³-hybridized carbons (Fsp3) is 0.526. The van der Waals surface area contributed by atoms with Crippen LogP contribution in [0.15, 0.2) is 41.3 Å². The third-order valence-electron chi connectivity index (χ3n) is 4.70. The summed E-state index contributed by atoms with van der Waals surface area (Å²) in [5, 5.41) is 0. The summed E-state index contributed by atoms with van der Waals surface area (Å²) in [4.78, 5) is 25.7. The Morgan fingerprint density at radius 1 is 1.28 bits per heavy atom. The Morgan fingerprint density at radius 3 is 2.68 bits per heavy atom. The van der Waals surface area contributed by atoms with E-state index in [1.165, 1.54) is 0 Å². The number of rotatable bonds is 7. The largest absolute Gasteiger partial charge is 0.467 e. The molecule has 0 spiro atoms. The van der Waals surface area contributed by atoms with Crippen LogP contribution in [0.3, 0.4) is 0 Å². The zero-order valence-electron chi connectivity index (χ0n) is 14.8. The maximum atomic E-state index is 13.0. The molecule has 1 aliphatic heterocycles. The molecule has 0 atom stereocenters. The van der Waals surface area contributed by atoms with Crippen molar-refractivity contribution >= 4 is 11.9 Å². The van der Waals surface area contributed by atoms with Gasteiger partial charge in [-0.25, -0.2) is 9.97 Å². The van der Waals surface area contributed by atoms with E-state index in [0.717, 1.165) is 57.0 Å². The number of carbonyl (C=O) groups is 1. The zero-order chi connectivity index (χ0) is 17.5. The molecular weight excluding hydrogens is 316 g/mol. The molecule has 6 nitrogen and oxygen atoms in total. The molecule has 1 amide bonds. The first kappa shape index (κ1) is 17.5. The van der Waals surface area contributed by atoms with Crippen LogP contribution < -0.4 is 4.90 Å². The van der Waals surface area contributed by atoms with Crippen molar-refractivity contribution in [3.8, 4) is 0 Å². The standard InChI is InChI=1S/C19H26N4O2/c1-2-3-11-23(15-17-6-4-14-25-17)18(24)16-7-12-22(13-8-16)19-20-9-5-10-21-19/h4-6,9-10,14,16H,2-3,7-8,11-13,15H2,1H3. The number of anilines is 1. The third-order valence-corrected chi connectivity index (χ3v) is 4.70. The van der Waals surface area contributed by atoms with Crippen LogP contribution in [0.1, 0.15) is 38.4 Å². The van der Waals surface area contributed by atoms with Crippen LogP contribution in [0.25, 0.3) is 0 Å². The average molecular weight is 342 g/mol. The van der Waals surface area contributed by atoms with Crippen LogP contribution in [0.4, 0.5) is 5.95 Å². The minimum Gasteiger partial charge on any atom is -0.467 e. The predicted octanol–water partition coefficient (Wildman–Crippen LogP) is 3.11. The smallest absolute Gasteiger partial charge is 0.226 e. The number of hydrogen-bond donors (Lipinski definition) is 0. The first-order chi connectivity index (χ1) is 12.3. The van der Waals surface area contributed by atoms with Crippen molar-refractivity contribution < 1.29 is 9.21 Å². The van der Waals surface area contributed by atoms with Crippen molar-refractivity contribution in [2.75, 3.05) is 24.5 Å². The minimum atomic E-state index is 0.0757. The van der Waals surface area contributed by atoms with Crippen molar-refractivity contribution in [1.82, 2.24) is 14.9 Å². The Bertz CT molecular complexity index is 637. The van der Waals surface area contributed by atoms with Crippen LogP contribution in [-0.2, 0) is 11.3 Å². The van der Waals surface area contributed by atoms with E-state index in [2.05, 4.69) is 21.8 Å². The van der Waals surface area contributed by atoms with Crippen LogP contribution in [0.2, 0.25) is 0 Å². The minimum absolute atomic E-state index is 0.0757. The van der Waals surface area contributed by atoms with Gasteiger partial charge in [0, 0.05) is 37.9 Å². The number of aromatic nitrogens is 2. The predicted molar refractivity (Wildman–Crippen MR) is 96.0 cm³/mol. The molecule has 2 aromatic heterocycles. The number of nitrogens with zero attached hydrogens (tertiary/aromatic N) is 4. The second kappa shape index (κ2) is 8.65. The molecule has 1 aliphatic rings. The summed E-state index contributed by atoms with van der Waals surface area (Å²) < 4.78 is 5.44. The molecule has 1 fully saturated rings. The summed E-state index contributed by atoms with van der Waals surface area (Å²) in [5.74, 6) is 1.93. The average Bonchev–Trinajstić information content (AvgIpc) is 3.18. The first-order valence-corrected chi connectivity index (χ1v) is 9.11. The lowest BCUT2D eigenvalue weighted by molar-refractivity contribution is -0.137. The third kappa shape index (κ3) is 4.59. The summed E-state index contributed by atoms with van der Waals surface area (Å²) in [6, 6.07) is 5.62. The van der Waals surface area contributed by atoms with Gasteiger partial charge in [-0.3, -0.25) is 4.79 Å². The molecule has 0 radical (unpaired) electrons. The highest BCUT2D eigenvalue weighted by atomic mass is 16.3. The van der Waals surface area contributed by atoms with Gasteiger partial charge in [-0.15, -0.1) is 0 Å². The van der Waals surface area contributed by atoms with Crippen LogP contribution >= 0.6 is 0 Å². The van der Waals surface area contributed by atoms with E-state index in [9.17, 15) is 4.79 Å². The van der Waals surface area contributed by atoms with Crippen molar-refractivity contribution in [1.29, 1.82) is 0 Å². The highest BCUT2D eigenvalue weighted by Crippen LogP contribution is 2.23. The van der Waals surface area contributed by atoms with E-state index in [1.807, 2.05) is 23.1 Å². The van der Waals surface area contributed by atoms with Crippen molar-refractivity contribution in [3.05, 3.63) is 42.6 Å². The molecule has 0 aromatic carbocycles. The van der Waals surface area contributed by atoms with Crippen LogP contribution in [-0.4, -0.2) is 40.4 Å². The molecule has 6 heteroatoms. The Balaban J connectivity index is 1.58. The normalized spacial score (nSPS) is 15.3. The maximum absolute atomic E-state index is 13.0. The van der Waals surface area contributed by atoms with E-state index in [0.29, 0.717) is 6.54 Å². The van der Waals surface area contributed by atoms with Gasteiger partial charge in [0.1, 0.15) is 5.76 Å². The lowest BCUT2D eigenvalue weighted by atomic mass is 9.95. The van der Waals surface area contributed by atoms with Gasteiger partial charge >= 0.3 is 0 Å². The molecule has 3 rings (SSSR count). The maximum Gasteiger partial charge on any atom is 0.226 e. The Kier molecular flexibility index (Phi) is 6.04. The van der Waals surface area contributed by atoms with E-state index in [1.54, 1.807) is 18.7 Å². The SMILES string of the molecule is CCCCN(Cc1ccco1)C(=O)C1CCN(c2ncccn2)CC1. The number of unbranched alkanes of at least 4 members (excludes halogenated alkanes) is 1. The molecule has 0 N–H and O–H groups in total. The summed E-state index contributed by atoms with van der Waals surface area (Å²) in [6.45, 7) is 5.14. The van der Waals surface area contributed by atoms with Crippen LogP contribution in [0.5, 0.6) is 0 Å². The number of amides is 1. The van der Waals surface area contributed by atoms with Gasteiger partial charge in [0.05, 0.1) is 12.8 Å². The Morgan fingerprint density at radius 2 is 2.04 bits per heavy atom. The van der Waals surface area contributed by atoms with E-state index < -0.39 is 0 Å². The molecular formula is C19H26N4O2. The molecule has 1 saturated heterocycles. The molecule has 0 bridgehead atoms. The van der Waals surface area contributed by atoms with Gasteiger partial charge in [0.15, 0.2) is 0 Å². The fourth-order valence-electron chi connectivity index (χ4n) is 3.25. The summed E-state index contributed by atoms with van der Waals surface area (Å²) in [7, 11) is 0. The summed E-state index contributed by atoms with van der Waals surface area (Å²) in [5.41, 5.74) is 0. The van der Waals surface area contributed by atoms with E-state index in [4.69, 9.17) is 4.42 Å². The van der Waals surface area contributed by atoms with Gasteiger partial charge in [-0.2, -0.15) is 0 Å². The highest BCUT2D eigenvalue weighted by molar-refractivity contribution is 5.79. The lowest BCUT2D eigenvalue weighted by Gasteiger charge is -2.34. The Labute approximate surface area is 148 Å². The first-order valence-electron chi connectivity index (χ1n) is 9.11. The number of carbonyl (C=O) groups excluding carboxylic acids is 1. The van der Waals surface area contributed by atoms with Gasteiger partial charge < -0.3 is 14.2 Å². The molecule has 25 heavy (non-hydrogen) atoms. The van der Waals surface area contributed by atoms with Gasteiger partial charge in [0.2, 0.25) is 11.9 Å². The van der Waals surface area contributed by atoms with E-state index in [-0.39, 0.29) is 11.8 Å². The number of piperidine rings is 1. The second-order valence-electron chi connectivity index (χ2n) is 6.50. The molecule has 0 unspecified atom stereocenters. The zero-order valence-corrected chi connectivity index (χ0v) is 14.8.